The highest BCUT2D eigenvalue weighted by atomic mass is 32.2. The van der Waals surface area contributed by atoms with E-state index in [2.05, 4.69) is 29.1 Å². The fourth-order valence-electron chi connectivity index (χ4n) is 2.98. The molecule has 0 bridgehead atoms. The van der Waals surface area contributed by atoms with Crippen molar-refractivity contribution in [2.45, 2.75) is 43.5 Å². The van der Waals surface area contributed by atoms with Crippen molar-refractivity contribution in [1.29, 1.82) is 0 Å². The van der Waals surface area contributed by atoms with Crippen molar-refractivity contribution in [3.8, 4) is 0 Å². The van der Waals surface area contributed by atoms with E-state index in [4.69, 9.17) is 10.9 Å². The van der Waals surface area contributed by atoms with Gasteiger partial charge in [0.2, 0.25) is 0 Å². The van der Waals surface area contributed by atoms with Crippen molar-refractivity contribution in [2.24, 2.45) is 10.9 Å². The van der Waals surface area contributed by atoms with E-state index < -0.39 is 0 Å². The van der Waals surface area contributed by atoms with E-state index in [0.717, 1.165) is 29.1 Å². The van der Waals surface area contributed by atoms with Crippen LogP contribution in [0, 0.1) is 0 Å². The Hall–Kier alpha value is -1.36. The summed E-state index contributed by atoms with van der Waals surface area (Å²) in [6, 6.07) is 6.70. The number of anilines is 1. The van der Waals surface area contributed by atoms with Crippen LogP contribution in [0.4, 0.5) is 5.69 Å². The summed E-state index contributed by atoms with van der Waals surface area (Å²) in [5, 5.41) is 12.3. The van der Waals surface area contributed by atoms with Gasteiger partial charge in [-0.25, -0.2) is 0 Å². The van der Waals surface area contributed by atoms with Crippen molar-refractivity contribution in [1.82, 2.24) is 0 Å². The van der Waals surface area contributed by atoms with E-state index in [1.54, 1.807) is 11.8 Å². The van der Waals surface area contributed by atoms with E-state index in [0.29, 0.717) is 6.04 Å². The lowest BCUT2D eigenvalue weighted by Gasteiger charge is -2.38. The SMILES string of the molecule is CCC1CCCCN1c1cccc(SC)c1/C(N)=N/O. The lowest BCUT2D eigenvalue weighted by molar-refractivity contribution is 0.318. The fraction of sp³-hybridized carbons (Fsp3) is 0.533. The summed E-state index contributed by atoms with van der Waals surface area (Å²) >= 11 is 1.63. The molecule has 1 unspecified atom stereocenters. The van der Waals surface area contributed by atoms with Gasteiger partial charge in [-0.1, -0.05) is 18.1 Å². The van der Waals surface area contributed by atoms with Gasteiger partial charge in [-0.2, -0.15) is 0 Å². The zero-order valence-electron chi connectivity index (χ0n) is 12.2. The Morgan fingerprint density at radius 3 is 2.95 bits per heavy atom. The summed E-state index contributed by atoms with van der Waals surface area (Å²) in [6.45, 7) is 3.27. The van der Waals surface area contributed by atoms with Crippen LogP contribution >= 0.6 is 11.8 Å². The van der Waals surface area contributed by atoms with Gasteiger partial charge in [-0.15, -0.1) is 11.8 Å². The molecule has 1 atom stereocenters. The lowest BCUT2D eigenvalue weighted by atomic mass is 9.97. The van der Waals surface area contributed by atoms with Gasteiger partial charge < -0.3 is 15.8 Å². The number of nitrogens with two attached hydrogens (primary N) is 1. The monoisotopic (exact) mass is 293 g/mol. The zero-order chi connectivity index (χ0) is 14.5. The van der Waals surface area contributed by atoms with Gasteiger partial charge in [0, 0.05) is 23.2 Å². The Kier molecular flexibility index (Phi) is 5.17. The van der Waals surface area contributed by atoms with Crippen LogP contribution in [0.3, 0.4) is 0 Å². The molecule has 0 amide bonds. The van der Waals surface area contributed by atoms with Gasteiger partial charge in [0.05, 0.1) is 5.56 Å². The number of benzene rings is 1. The molecule has 1 aromatic rings. The molecule has 5 heteroatoms. The molecule has 1 heterocycles. The van der Waals surface area contributed by atoms with E-state index in [9.17, 15) is 0 Å². The summed E-state index contributed by atoms with van der Waals surface area (Å²) in [5.41, 5.74) is 7.88. The second kappa shape index (κ2) is 6.88. The van der Waals surface area contributed by atoms with Crippen LogP contribution < -0.4 is 10.6 Å². The number of piperidine rings is 1. The molecule has 0 saturated carbocycles. The summed E-state index contributed by atoms with van der Waals surface area (Å²) in [6.07, 6.45) is 6.85. The van der Waals surface area contributed by atoms with Gasteiger partial charge in [0.25, 0.3) is 0 Å². The van der Waals surface area contributed by atoms with Crippen LogP contribution in [0.15, 0.2) is 28.3 Å². The molecule has 0 aromatic heterocycles. The Morgan fingerprint density at radius 2 is 2.30 bits per heavy atom. The molecule has 1 aliphatic heterocycles. The van der Waals surface area contributed by atoms with Crippen LogP contribution in [0.2, 0.25) is 0 Å². The van der Waals surface area contributed by atoms with E-state index in [1.165, 1.54) is 19.3 Å². The van der Waals surface area contributed by atoms with Crippen molar-refractivity contribution in [3.63, 3.8) is 0 Å². The third-order valence-corrected chi connectivity index (χ3v) is 4.78. The van der Waals surface area contributed by atoms with Crippen molar-refractivity contribution in [3.05, 3.63) is 23.8 Å². The number of hydrogen-bond donors (Lipinski definition) is 2. The quantitative estimate of drug-likeness (QED) is 0.294. The Labute approximate surface area is 125 Å². The molecule has 110 valence electrons. The Morgan fingerprint density at radius 1 is 1.50 bits per heavy atom. The molecule has 0 radical (unpaired) electrons. The molecule has 1 saturated heterocycles. The van der Waals surface area contributed by atoms with Crippen LogP contribution in [-0.2, 0) is 0 Å². The van der Waals surface area contributed by atoms with Crippen molar-refractivity contribution >= 4 is 23.3 Å². The standard InChI is InChI=1S/C15H23N3OS/c1-3-11-7-4-5-10-18(11)12-8-6-9-13(20-2)14(12)15(16)17-19/h6,8-9,11,19H,3-5,7,10H2,1-2H3,(H2,16,17). The van der Waals surface area contributed by atoms with Crippen molar-refractivity contribution in [2.75, 3.05) is 17.7 Å². The molecular weight excluding hydrogens is 270 g/mol. The molecule has 20 heavy (non-hydrogen) atoms. The van der Waals surface area contributed by atoms with Crippen LogP contribution in [0.1, 0.15) is 38.2 Å². The number of amidine groups is 1. The smallest absolute Gasteiger partial charge is 0.173 e. The van der Waals surface area contributed by atoms with E-state index in [1.807, 2.05) is 12.3 Å². The maximum atomic E-state index is 9.09. The highest BCUT2D eigenvalue weighted by Gasteiger charge is 2.25. The molecule has 2 rings (SSSR count). The zero-order valence-corrected chi connectivity index (χ0v) is 13.0. The van der Waals surface area contributed by atoms with Gasteiger partial charge in [-0.05, 0) is 44.1 Å². The lowest BCUT2D eigenvalue weighted by Crippen LogP contribution is -2.40. The third-order valence-electron chi connectivity index (χ3n) is 4.00. The first-order valence-electron chi connectivity index (χ1n) is 7.14. The highest BCUT2D eigenvalue weighted by Crippen LogP contribution is 2.34. The summed E-state index contributed by atoms with van der Waals surface area (Å²) in [5.74, 6) is 0.199. The van der Waals surface area contributed by atoms with Crippen LogP contribution in [0.5, 0.6) is 0 Å². The number of rotatable bonds is 4. The summed E-state index contributed by atoms with van der Waals surface area (Å²) in [7, 11) is 0. The molecular formula is C15H23N3OS. The summed E-state index contributed by atoms with van der Waals surface area (Å²) in [4.78, 5) is 3.48. The first kappa shape index (κ1) is 15.0. The number of thioether (sulfide) groups is 1. The Balaban J connectivity index is 2.49. The molecule has 4 nitrogen and oxygen atoms in total. The minimum atomic E-state index is 0.199. The van der Waals surface area contributed by atoms with Gasteiger partial charge in [0.1, 0.15) is 0 Å². The summed E-state index contributed by atoms with van der Waals surface area (Å²) < 4.78 is 0. The molecule has 3 N–H and O–H groups in total. The average molecular weight is 293 g/mol. The molecule has 0 spiro atoms. The predicted molar refractivity (Wildman–Crippen MR) is 86.0 cm³/mol. The maximum Gasteiger partial charge on any atom is 0.173 e. The normalized spacial score (nSPS) is 20.2. The maximum absolute atomic E-state index is 9.09. The Bertz CT molecular complexity index is 490. The van der Waals surface area contributed by atoms with E-state index >= 15 is 0 Å². The minimum absolute atomic E-state index is 0.199. The first-order chi connectivity index (χ1) is 9.72. The average Bonchev–Trinajstić information content (AvgIpc) is 2.53. The van der Waals surface area contributed by atoms with Gasteiger partial charge in [0.15, 0.2) is 5.84 Å². The molecule has 1 aliphatic rings. The molecule has 1 aromatic carbocycles. The van der Waals surface area contributed by atoms with Gasteiger partial charge in [-0.3, -0.25) is 0 Å². The highest BCUT2D eigenvalue weighted by molar-refractivity contribution is 7.98. The number of nitrogens with zero attached hydrogens (tertiary/aromatic N) is 2. The number of hydrogen-bond acceptors (Lipinski definition) is 4. The predicted octanol–water partition coefficient (Wildman–Crippen LogP) is 3.27. The van der Waals surface area contributed by atoms with Crippen LogP contribution in [-0.4, -0.2) is 29.9 Å². The second-order valence-electron chi connectivity index (χ2n) is 5.09. The molecule has 0 aliphatic carbocycles. The minimum Gasteiger partial charge on any atom is -0.409 e. The van der Waals surface area contributed by atoms with Crippen molar-refractivity contribution < 1.29 is 5.21 Å². The van der Waals surface area contributed by atoms with E-state index in [-0.39, 0.29) is 5.84 Å². The molecule has 1 fully saturated rings. The second-order valence-corrected chi connectivity index (χ2v) is 5.94. The fourth-order valence-corrected chi connectivity index (χ4v) is 3.61. The first-order valence-corrected chi connectivity index (χ1v) is 8.37. The third kappa shape index (κ3) is 2.87. The topological polar surface area (TPSA) is 61.8 Å². The van der Waals surface area contributed by atoms with Crippen LogP contribution in [0.25, 0.3) is 0 Å². The number of oxime groups is 1. The van der Waals surface area contributed by atoms with Gasteiger partial charge >= 0.3 is 0 Å². The largest absolute Gasteiger partial charge is 0.409 e.